The average molecular weight is 403 g/mol. The highest BCUT2D eigenvalue weighted by Gasteiger charge is 2.28. The summed E-state index contributed by atoms with van der Waals surface area (Å²) in [5.74, 6) is -2.11. The molecular weight excluding hydrogens is 382 g/mol. The van der Waals surface area contributed by atoms with E-state index in [9.17, 15) is 24.5 Å². The molecule has 0 amide bonds. The van der Waals surface area contributed by atoms with Crippen LogP contribution in [0.15, 0.2) is 18.2 Å². The van der Waals surface area contributed by atoms with Crippen LogP contribution in [0.1, 0.15) is 56.3 Å². The highest BCUT2D eigenvalue weighted by Crippen LogP contribution is 2.23. The lowest BCUT2D eigenvalue weighted by Crippen LogP contribution is -2.26. The molecule has 3 N–H and O–H groups in total. The first-order valence-corrected chi connectivity index (χ1v) is 8.73. The average Bonchev–Trinajstić information content (AvgIpc) is 2.95. The number of rotatable bonds is 7. The maximum Gasteiger partial charge on any atom is 0.341 e. The molecule has 1 heterocycles. The number of carbonyl (C=O) groups is 3. The summed E-state index contributed by atoms with van der Waals surface area (Å²) in [5, 5.41) is 10.9. The van der Waals surface area contributed by atoms with Gasteiger partial charge in [-0.2, -0.15) is 0 Å². The first-order chi connectivity index (χ1) is 13.6. The van der Waals surface area contributed by atoms with E-state index in [1.54, 1.807) is 20.8 Å². The number of nitrogen functional groups attached to an aromatic ring is 1. The SMILES string of the molecule is CCOC(=O)c1c(C)[nH]c(C(=O)[C@@H](C)OC(=O)c2cc([N+](=O)[O-])ccc2N)c1C. The van der Waals surface area contributed by atoms with Crippen molar-refractivity contribution in [2.45, 2.75) is 33.8 Å². The summed E-state index contributed by atoms with van der Waals surface area (Å²) in [6.07, 6.45) is -1.23. The van der Waals surface area contributed by atoms with Gasteiger partial charge in [0, 0.05) is 23.5 Å². The van der Waals surface area contributed by atoms with E-state index in [0.717, 1.165) is 12.1 Å². The van der Waals surface area contributed by atoms with Crippen molar-refractivity contribution in [2.75, 3.05) is 12.3 Å². The quantitative estimate of drug-likeness (QED) is 0.235. The normalized spacial score (nSPS) is 11.6. The van der Waals surface area contributed by atoms with Crippen LogP contribution in [0.3, 0.4) is 0 Å². The summed E-state index contributed by atoms with van der Waals surface area (Å²) in [6, 6.07) is 3.35. The Morgan fingerprint density at radius 1 is 1.24 bits per heavy atom. The van der Waals surface area contributed by atoms with Gasteiger partial charge in [-0.05, 0) is 39.3 Å². The maximum absolute atomic E-state index is 12.7. The van der Waals surface area contributed by atoms with Crippen molar-refractivity contribution in [3.63, 3.8) is 0 Å². The van der Waals surface area contributed by atoms with Crippen molar-refractivity contribution in [3.8, 4) is 0 Å². The van der Waals surface area contributed by atoms with E-state index in [2.05, 4.69) is 4.98 Å². The Kier molecular flexibility index (Phi) is 6.37. The minimum absolute atomic E-state index is 0.0169. The molecule has 0 aliphatic heterocycles. The number of hydrogen-bond acceptors (Lipinski definition) is 8. The molecule has 0 saturated heterocycles. The number of benzene rings is 1. The highest BCUT2D eigenvalue weighted by atomic mass is 16.6. The molecule has 0 unspecified atom stereocenters. The Bertz CT molecular complexity index is 994. The van der Waals surface area contributed by atoms with Crippen LogP contribution in [0.2, 0.25) is 0 Å². The largest absolute Gasteiger partial charge is 0.462 e. The van der Waals surface area contributed by atoms with Crippen LogP contribution in [-0.4, -0.2) is 40.3 Å². The fraction of sp³-hybridized carbons (Fsp3) is 0.316. The number of ketones is 1. The molecule has 1 aromatic heterocycles. The molecule has 0 aliphatic carbocycles. The number of hydrogen-bond donors (Lipinski definition) is 2. The molecule has 10 nitrogen and oxygen atoms in total. The van der Waals surface area contributed by atoms with E-state index in [1.807, 2.05) is 0 Å². The zero-order chi connectivity index (χ0) is 21.9. The first kappa shape index (κ1) is 21.6. The van der Waals surface area contributed by atoms with Crippen molar-refractivity contribution in [1.82, 2.24) is 4.98 Å². The number of nitrogens with two attached hydrogens (primary N) is 1. The lowest BCUT2D eigenvalue weighted by atomic mass is 10.1. The Hall–Kier alpha value is -3.69. The molecule has 0 aliphatic rings. The number of nitro groups is 1. The van der Waals surface area contributed by atoms with Gasteiger partial charge in [-0.1, -0.05) is 0 Å². The molecule has 1 aromatic carbocycles. The predicted molar refractivity (Wildman–Crippen MR) is 103 cm³/mol. The standard InChI is InChI=1S/C19H21N3O7/c1-5-28-19(25)15-9(2)16(21-10(15)3)17(23)11(4)29-18(24)13-8-12(22(26)27)6-7-14(13)20/h6-8,11,21H,5,20H2,1-4H3/t11-/m1/s1. The number of carbonyl (C=O) groups excluding carboxylic acids is 3. The topological polar surface area (TPSA) is 155 Å². The fourth-order valence-corrected chi connectivity index (χ4v) is 2.82. The van der Waals surface area contributed by atoms with E-state index in [4.69, 9.17) is 15.2 Å². The van der Waals surface area contributed by atoms with Crippen LogP contribution in [0.25, 0.3) is 0 Å². The number of esters is 2. The van der Waals surface area contributed by atoms with E-state index in [1.165, 1.54) is 13.0 Å². The number of nitrogens with one attached hydrogen (secondary N) is 1. The third-order valence-corrected chi connectivity index (χ3v) is 4.28. The summed E-state index contributed by atoms with van der Waals surface area (Å²) in [5.41, 5.74) is 6.31. The van der Waals surface area contributed by atoms with Gasteiger partial charge in [-0.15, -0.1) is 0 Å². The molecule has 0 saturated carbocycles. The lowest BCUT2D eigenvalue weighted by Gasteiger charge is -2.13. The van der Waals surface area contributed by atoms with Crippen LogP contribution >= 0.6 is 0 Å². The molecule has 0 radical (unpaired) electrons. The zero-order valence-corrected chi connectivity index (χ0v) is 16.4. The molecule has 1 atom stereocenters. The predicted octanol–water partition coefficient (Wildman–Crippen LogP) is 2.73. The van der Waals surface area contributed by atoms with Gasteiger partial charge in [0.05, 0.1) is 28.4 Å². The van der Waals surface area contributed by atoms with E-state index >= 15 is 0 Å². The Labute approximate surface area is 166 Å². The molecule has 2 rings (SSSR count). The van der Waals surface area contributed by atoms with Crippen LogP contribution in [0.5, 0.6) is 0 Å². The minimum atomic E-state index is -1.23. The third kappa shape index (κ3) is 4.42. The Morgan fingerprint density at radius 3 is 2.48 bits per heavy atom. The Balaban J connectivity index is 2.25. The van der Waals surface area contributed by atoms with Crippen LogP contribution in [0.4, 0.5) is 11.4 Å². The fourth-order valence-electron chi connectivity index (χ4n) is 2.82. The van der Waals surface area contributed by atoms with E-state index in [0.29, 0.717) is 11.3 Å². The van der Waals surface area contributed by atoms with Crippen molar-refractivity contribution in [1.29, 1.82) is 0 Å². The van der Waals surface area contributed by atoms with Gasteiger partial charge in [-0.25, -0.2) is 9.59 Å². The summed E-state index contributed by atoms with van der Waals surface area (Å²) in [7, 11) is 0. The molecule has 0 fully saturated rings. The minimum Gasteiger partial charge on any atom is -0.462 e. The van der Waals surface area contributed by atoms with E-state index in [-0.39, 0.29) is 34.8 Å². The zero-order valence-electron chi connectivity index (χ0n) is 16.4. The second-order valence-electron chi connectivity index (χ2n) is 6.29. The molecular formula is C19H21N3O7. The van der Waals surface area contributed by atoms with Crippen molar-refractivity contribution < 1.29 is 28.8 Å². The smallest absolute Gasteiger partial charge is 0.341 e. The molecule has 2 aromatic rings. The van der Waals surface area contributed by atoms with Gasteiger partial charge in [-0.3, -0.25) is 14.9 Å². The summed E-state index contributed by atoms with van der Waals surface area (Å²) in [6.45, 7) is 6.41. The van der Waals surface area contributed by atoms with Crippen molar-refractivity contribution >= 4 is 29.1 Å². The molecule has 29 heavy (non-hydrogen) atoms. The molecule has 0 bridgehead atoms. The van der Waals surface area contributed by atoms with Gasteiger partial charge in [0.25, 0.3) is 5.69 Å². The summed E-state index contributed by atoms with van der Waals surface area (Å²) in [4.78, 5) is 50.2. The molecule has 154 valence electrons. The Morgan fingerprint density at radius 2 is 1.90 bits per heavy atom. The van der Waals surface area contributed by atoms with Gasteiger partial charge >= 0.3 is 11.9 Å². The number of aromatic nitrogens is 1. The number of nitrogens with zero attached hydrogens (tertiary/aromatic N) is 1. The number of H-pyrrole nitrogens is 1. The maximum atomic E-state index is 12.7. The second-order valence-corrected chi connectivity index (χ2v) is 6.29. The summed E-state index contributed by atoms with van der Waals surface area (Å²) < 4.78 is 10.1. The van der Waals surface area contributed by atoms with Crippen molar-refractivity contribution in [3.05, 3.63) is 56.4 Å². The number of aryl methyl sites for hydroxylation is 1. The number of nitro benzene ring substituents is 1. The number of non-ortho nitro benzene ring substituents is 1. The second kappa shape index (κ2) is 8.55. The number of anilines is 1. The van der Waals surface area contributed by atoms with Gasteiger partial charge < -0.3 is 20.2 Å². The first-order valence-electron chi connectivity index (χ1n) is 8.73. The third-order valence-electron chi connectivity index (χ3n) is 4.28. The number of ether oxygens (including phenoxy) is 2. The molecule has 0 spiro atoms. The van der Waals surface area contributed by atoms with Gasteiger partial charge in [0.15, 0.2) is 6.10 Å². The van der Waals surface area contributed by atoms with Gasteiger partial charge in [0.2, 0.25) is 5.78 Å². The van der Waals surface area contributed by atoms with Crippen LogP contribution in [0, 0.1) is 24.0 Å². The lowest BCUT2D eigenvalue weighted by molar-refractivity contribution is -0.384. The molecule has 10 heteroatoms. The monoisotopic (exact) mass is 403 g/mol. The number of Topliss-reactive ketones (excluding diaryl/α,β-unsaturated/α-hetero) is 1. The highest BCUT2D eigenvalue weighted by molar-refractivity contribution is 6.05. The van der Waals surface area contributed by atoms with Crippen molar-refractivity contribution in [2.24, 2.45) is 0 Å². The van der Waals surface area contributed by atoms with Gasteiger partial charge in [0.1, 0.15) is 0 Å². The van der Waals surface area contributed by atoms with Crippen LogP contribution < -0.4 is 5.73 Å². The van der Waals surface area contributed by atoms with Crippen LogP contribution in [-0.2, 0) is 9.47 Å². The summed E-state index contributed by atoms with van der Waals surface area (Å²) >= 11 is 0. The van der Waals surface area contributed by atoms with E-state index < -0.39 is 28.7 Å². The number of aromatic amines is 1.